The Balaban J connectivity index is 1.93. The normalized spacial score (nSPS) is 21.0. The number of ether oxygens (including phenoxy) is 1. The third-order valence-corrected chi connectivity index (χ3v) is 4.78. The van der Waals surface area contributed by atoms with Gasteiger partial charge in [0.2, 0.25) is 5.91 Å². The minimum absolute atomic E-state index is 0.0985. The van der Waals surface area contributed by atoms with Gasteiger partial charge in [-0.2, -0.15) is 0 Å². The standard InChI is InChI=1S/C20H29N3O5/c1-13(2)16(22-20(27)28-12-14-8-5-4-6-9-14)18(25)21-15-10-7-11-23(3)19(26)17(15)24/h4-6,8-9,13,15-17,24H,7,10-12H2,1-3H3,(H,21,25)(H,22,27). The van der Waals surface area contributed by atoms with E-state index in [0.29, 0.717) is 19.4 Å². The molecule has 0 radical (unpaired) electrons. The van der Waals surface area contributed by atoms with Crippen LogP contribution in [0.25, 0.3) is 0 Å². The summed E-state index contributed by atoms with van der Waals surface area (Å²) in [5.74, 6) is -1.07. The topological polar surface area (TPSA) is 108 Å². The third-order valence-electron chi connectivity index (χ3n) is 4.78. The molecule has 3 unspecified atom stereocenters. The molecule has 1 saturated heterocycles. The zero-order valence-electron chi connectivity index (χ0n) is 16.6. The monoisotopic (exact) mass is 391 g/mol. The van der Waals surface area contributed by atoms with E-state index in [9.17, 15) is 19.5 Å². The fourth-order valence-corrected chi connectivity index (χ4v) is 3.06. The average Bonchev–Trinajstić information content (AvgIpc) is 2.79. The number of alkyl carbamates (subject to hydrolysis) is 1. The van der Waals surface area contributed by atoms with Crippen LogP contribution in [0.15, 0.2) is 30.3 Å². The molecule has 1 aliphatic rings. The van der Waals surface area contributed by atoms with Crippen molar-refractivity contribution in [2.24, 2.45) is 5.92 Å². The highest BCUT2D eigenvalue weighted by atomic mass is 16.5. The highest BCUT2D eigenvalue weighted by Gasteiger charge is 2.34. The molecule has 2 rings (SSSR count). The summed E-state index contributed by atoms with van der Waals surface area (Å²) in [4.78, 5) is 38.3. The minimum atomic E-state index is -1.30. The number of carbonyl (C=O) groups excluding carboxylic acids is 3. The number of aliphatic hydroxyl groups is 1. The van der Waals surface area contributed by atoms with Crippen LogP contribution in [0.5, 0.6) is 0 Å². The van der Waals surface area contributed by atoms with Crippen molar-refractivity contribution in [1.82, 2.24) is 15.5 Å². The SMILES string of the molecule is CC(C)C(NC(=O)OCc1ccccc1)C(=O)NC1CCCN(C)C(=O)C1O. The number of aliphatic hydroxyl groups excluding tert-OH is 1. The van der Waals surface area contributed by atoms with Gasteiger partial charge >= 0.3 is 6.09 Å². The van der Waals surface area contributed by atoms with Crippen LogP contribution in [0.3, 0.4) is 0 Å². The molecule has 154 valence electrons. The van der Waals surface area contributed by atoms with Gasteiger partial charge in [0, 0.05) is 13.6 Å². The molecule has 8 nitrogen and oxygen atoms in total. The molecular weight excluding hydrogens is 362 g/mol. The van der Waals surface area contributed by atoms with Crippen molar-refractivity contribution in [1.29, 1.82) is 0 Å². The summed E-state index contributed by atoms with van der Waals surface area (Å²) in [6.07, 6.45) is -0.848. The lowest BCUT2D eigenvalue weighted by atomic mass is 10.0. The van der Waals surface area contributed by atoms with Crippen molar-refractivity contribution >= 4 is 17.9 Å². The summed E-state index contributed by atoms with van der Waals surface area (Å²) in [7, 11) is 1.62. The number of likely N-dealkylation sites (tertiary alicyclic amines) is 1. The summed E-state index contributed by atoms with van der Waals surface area (Å²) in [6, 6.07) is 7.70. The fraction of sp³-hybridized carbons (Fsp3) is 0.550. The van der Waals surface area contributed by atoms with Gasteiger partial charge in [-0.25, -0.2) is 4.79 Å². The van der Waals surface area contributed by atoms with Crippen LogP contribution in [0, 0.1) is 5.92 Å². The van der Waals surface area contributed by atoms with Crippen molar-refractivity contribution in [3.05, 3.63) is 35.9 Å². The molecule has 28 heavy (non-hydrogen) atoms. The molecule has 0 saturated carbocycles. The van der Waals surface area contributed by atoms with Gasteiger partial charge in [-0.15, -0.1) is 0 Å². The summed E-state index contributed by atoms with van der Waals surface area (Å²) < 4.78 is 5.18. The third kappa shape index (κ3) is 5.95. The van der Waals surface area contributed by atoms with Crippen LogP contribution in [0.2, 0.25) is 0 Å². The molecule has 0 aromatic heterocycles. The molecule has 1 aliphatic heterocycles. The number of benzene rings is 1. The first-order valence-corrected chi connectivity index (χ1v) is 9.50. The maximum absolute atomic E-state index is 12.7. The molecule has 0 bridgehead atoms. The zero-order chi connectivity index (χ0) is 20.7. The lowest BCUT2D eigenvalue weighted by molar-refractivity contribution is -0.139. The van der Waals surface area contributed by atoms with E-state index in [-0.39, 0.29) is 12.5 Å². The number of amides is 3. The first-order chi connectivity index (χ1) is 13.3. The number of nitrogens with one attached hydrogen (secondary N) is 2. The van der Waals surface area contributed by atoms with E-state index in [2.05, 4.69) is 10.6 Å². The van der Waals surface area contributed by atoms with Crippen molar-refractivity contribution < 1.29 is 24.2 Å². The lowest BCUT2D eigenvalue weighted by Crippen LogP contribution is -2.56. The Morgan fingerprint density at radius 3 is 2.61 bits per heavy atom. The number of nitrogens with zero attached hydrogens (tertiary/aromatic N) is 1. The summed E-state index contributed by atoms with van der Waals surface area (Å²) in [5.41, 5.74) is 0.840. The second-order valence-corrected chi connectivity index (χ2v) is 7.39. The lowest BCUT2D eigenvalue weighted by Gasteiger charge is -2.26. The van der Waals surface area contributed by atoms with Gasteiger partial charge in [-0.3, -0.25) is 9.59 Å². The largest absolute Gasteiger partial charge is 0.445 e. The van der Waals surface area contributed by atoms with Crippen molar-refractivity contribution in [3.63, 3.8) is 0 Å². The smallest absolute Gasteiger partial charge is 0.408 e. The van der Waals surface area contributed by atoms with E-state index in [1.165, 1.54) is 4.90 Å². The highest BCUT2D eigenvalue weighted by Crippen LogP contribution is 2.13. The van der Waals surface area contributed by atoms with Gasteiger partial charge < -0.3 is 25.4 Å². The Hall–Kier alpha value is -2.61. The van der Waals surface area contributed by atoms with Gasteiger partial charge in [-0.05, 0) is 24.3 Å². The number of likely N-dealkylation sites (N-methyl/N-ethyl adjacent to an activating group) is 1. The molecule has 1 heterocycles. The van der Waals surface area contributed by atoms with Crippen LogP contribution >= 0.6 is 0 Å². The Morgan fingerprint density at radius 2 is 1.96 bits per heavy atom. The van der Waals surface area contributed by atoms with E-state index < -0.39 is 36.1 Å². The molecule has 1 aromatic rings. The zero-order valence-corrected chi connectivity index (χ0v) is 16.6. The predicted octanol–water partition coefficient (Wildman–Crippen LogP) is 1.04. The molecule has 1 aromatic carbocycles. The van der Waals surface area contributed by atoms with Crippen LogP contribution in [-0.4, -0.2) is 59.7 Å². The van der Waals surface area contributed by atoms with Gasteiger partial charge in [0.25, 0.3) is 5.91 Å². The maximum Gasteiger partial charge on any atom is 0.408 e. The molecule has 3 N–H and O–H groups in total. The van der Waals surface area contributed by atoms with E-state index in [1.807, 2.05) is 30.3 Å². The number of hydrogen-bond acceptors (Lipinski definition) is 5. The second kappa shape index (κ2) is 10.1. The Bertz CT molecular complexity index is 680. The molecular formula is C20H29N3O5. The summed E-state index contributed by atoms with van der Waals surface area (Å²) >= 11 is 0. The van der Waals surface area contributed by atoms with Crippen LogP contribution < -0.4 is 10.6 Å². The van der Waals surface area contributed by atoms with Crippen molar-refractivity contribution in [2.45, 2.75) is 51.5 Å². The molecule has 3 atom stereocenters. The summed E-state index contributed by atoms with van der Waals surface area (Å²) in [5, 5.41) is 15.5. The molecule has 0 spiro atoms. The van der Waals surface area contributed by atoms with Crippen molar-refractivity contribution in [3.8, 4) is 0 Å². The highest BCUT2D eigenvalue weighted by molar-refractivity contribution is 5.87. The average molecular weight is 391 g/mol. The van der Waals surface area contributed by atoms with Crippen LogP contribution in [-0.2, 0) is 20.9 Å². The Kier molecular flexibility index (Phi) is 7.80. The summed E-state index contributed by atoms with van der Waals surface area (Å²) in [6.45, 7) is 4.22. The molecule has 0 aliphatic carbocycles. The molecule has 3 amide bonds. The van der Waals surface area contributed by atoms with E-state index in [0.717, 1.165) is 5.56 Å². The fourth-order valence-electron chi connectivity index (χ4n) is 3.06. The number of hydrogen-bond donors (Lipinski definition) is 3. The van der Waals surface area contributed by atoms with Crippen LogP contribution in [0.4, 0.5) is 4.79 Å². The number of rotatable bonds is 6. The van der Waals surface area contributed by atoms with Gasteiger partial charge in [0.1, 0.15) is 12.6 Å². The Labute approximate surface area is 165 Å². The molecule has 8 heteroatoms. The van der Waals surface area contributed by atoms with E-state index in [1.54, 1.807) is 20.9 Å². The quantitative estimate of drug-likeness (QED) is 0.671. The Morgan fingerprint density at radius 1 is 1.29 bits per heavy atom. The van der Waals surface area contributed by atoms with Crippen molar-refractivity contribution in [2.75, 3.05) is 13.6 Å². The first-order valence-electron chi connectivity index (χ1n) is 9.50. The minimum Gasteiger partial charge on any atom is -0.445 e. The van der Waals surface area contributed by atoms with E-state index >= 15 is 0 Å². The van der Waals surface area contributed by atoms with Gasteiger partial charge in [-0.1, -0.05) is 44.2 Å². The maximum atomic E-state index is 12.7. The predicted molar refractivity (Wildman–Crippen MR) is 103 cm³/mol. The van der Waals surface area contributed by atoms with E-state index in [4.69, 9.17) is 4.74 Å². The molecule has 1 fully saturated rings. The number of carbonyl (C=O) groups is 3. The van der Waals surface area contributed by atoms with Crippen LogP contribution in [0.1, 0.15) is 32.3 Å². The first kappa shape index (κ1) is 21.7. The second-order valence-electron chi connectivity index (χ2n) is 7.39. The van der Waals surface area contributed by atoms with Gasteiger partial charge in [0.15, 0.2) is 6.10 Å². The van der Waals surface area contributed by atoms with Gasteiger partial charge in [0.05, 0.1) is 6.04 Å².